The van der Waals surface area contributed by atoms with Gasteiger partial charge in [0.05, 0.1) is 6.61 Å². The van der Waals surface area contributed by atoms with Crippen molar-refractivity contribution in [1.82, 2.24) is 0 Å². The monoisotopic (exact) mass is 146 g/mol. The summed E-state index contributed by atoms with van der Waals surface area (Å²) in [5, 5.41) is 7.03. The first kappa shape index (κ1) is 6.89. The molecule has 0 saturated carbocycles. The van der Waals surface area contributed by atoms with Crippen LogP contribution >= 0.6 is 11.8 Å². The van der Waals surface area contributed by atoms with Crippen molar-refractivity contribution in [3.05, 3.63) is 0 Å². The standard InChI is InChI=1S/C5H10N2OS/c6-5(7)4-3-9-2-1-8-4/h4H,1-3H2,(H3,6,7). The fourth-order valence-corrected chi connectivity index (χ4v) is 1.54. The number of hydrogen-bond donors (Lipinski definition) is 2. The molecule has 1 rings (SSSR count). The average molecular weight is 146 g/mol. The normalized spacial score (nSPS) is 27.8. The zero-order valence-corrected chi connectivity index (χ0v) is 5.91. The minimum Gasteiger partial charge on any atom is -0.385 e. The molecular formula is C5H10N2OS. The third-order valence-electron chi connectivity index (χ3n) is 1.16. The molecule has 1 atom stereocenters. The van der Waals surface area contributed by atoms with E-state index in [1.165, 1.54) is 0 Å². The van der Waals surface area contributed by atoms with E-state index in [1.54, 1.807) is 11.8 Å². The number of nitrogens with one attached hydrogen (secondary N) is 1. The topological polar surface area (TPSA) is 59.1 Å². The average Bonchev–Trinajstić information content (AvgIpc) is 1.90. The first-order chi connectivity index (χ1) is 4.30. The van der Waals surface area contributed by atoms with Crippen molar-refractivity contribution in [3.63, 3.8) is 0 Å². The number of hydrogen-bond acceptors (Lipinski definition) is 3. The SMILES string of the molecule is N=C(N)C1CSCCO1. The van der Waals surface area contributed by atoms with E-state index in [2.05, 4.69) is 0 Å². The van der Waals surface area contributed by atoms with Gasteiger partial charge < -0.3 is 10.5 Å². The maximum Gasteiger partial charge on any atom is 0.123 e. The van der Waals surface area contributed by atoms with Crippen LogP contribution in [0, 0.1) is 5.41 Å². The third kappa shape index (κ3) is 1.87. The van der Waals surface area contributed by atoms with Crippen molar-refractivity contribution in [2.45, 2.75) is 6.10 Å². The van der Waals surface area contributed by atoms with Crippen molar-refractivity contribution < 1.29 is 4.74 Å². The first-order valence-electron chi connectivity index (χ1n) is 2.84. The number of rotatable bonds is 1. The molecular weight excluding hydrogens is 136 g/mol. The molecule has 3 nitrogen and oxygen atoms in total. The van der Waals surface area contributed by atoms with Gasteiger partial charge in [-0.05, 0) is 0 Å². The van der Waals surface area contributed by atoms with Crippen LogP contribution in [0.1, 0.15) is 0 Å². The minimum atomic E-state index is -0.122. The Morgan fingerprint density at radius 3 is 2.89 bits per heavy atom. The van der Waals surface area contributed by atoms with Crippen LogP contribution in [0.3, 0.4) is 0 Å². The van der Waals surface area contributed by atoms with Crippen molar-refractivity contribution >= 4 is 17.6 Å². The summed E-state index contributed by atoms with van der Waals surface area (Å²) in [4.78, 5) is 0. The Morgan fingerprint density at radius 1 is 1.78 bits per heavy atom. The van der Waals surface area contributed by atoms with Gasteiger partial charge in [0, 0.05) is 11.5 Å². The molecule has 1 unspecified atom stereocenters. The highest BCUT2D eigenvalue weighted by Crippen LogP contribution is 2.11. The summed E-state index contributed by atoms with van der Waals surface area (Å²) in [5.74, 6) is 2.03. The van der Waals surface area contributed by atoms with Crippen LogP contribution in [0.15, 0.2) is 0 Å². The summed E-state index contributed by atoms with van der Waals surface area (Å²) in [6, 6.07) is 0. The van der Waals surface area contributed by atoms with Gasteiger partial charge in [-0.3, -0.25) is 5.41 Å². The van der Waals surface area contributed by atoms with E-state index < -0.39 is 0 Å². The molecule has 0 aromatic carbocycles. The van der Waals surface area contributed by atoms with Crippen LogP contribution in [0.4, 0.5) is 0 Å². The van der Waals surface area contributed by atoms with Gasteiger partial charge >= 0.3 is 0 Å². The summed E-state index contributed by atoms with van der Waals surface area (Å²) in [6.45, 7) is 0.731. The van der Waals surface area contributed by atoms with E-state index in [4.69, 9.17) is 15.9 Å². The van der Waals surface area contributed by atoms with Crippen molar-refractivity contribution in [2.75, 3.05) is 18.1 Å². The predicted molar refractivity (Wildman–Crippen MR) is 39.0 cm³/mol. The highest BCUT2D eigenvalue weighted by atomic mass is 32.2. The maximum atomic E-state index is 7.03. The molecule has 4 heteroatoms. The molecule has 1 aliphatic rings. The molecule has 0 bridgehead atoms. The molecule has 1 heterocycles. The lowest BCUT2D eigenvalue weighted by atomic mass is 10.4. The largest absolute Gasteiger partial charge is 0.385 e. The summed E-state index contributed by atoms with van der Waals surface area (Å²) in [5.41, 5.74) is 5.21. The van der Waals surface area contributed by atoms with Crippen LogP contribution in [0.25, 0.3) is 0 Å². The van der Waals surface area contributed by atoms with E-state index >= 15 is 0 Å². The molecule has 0 amide bonds. The lowest BCUT2D eigenvalue weighted by Crippen LogP contribution is -2.35. The molecule has 0 radical (unpaired) electrons. The molecule has 1 fully saturated rings. The zero-order chi connectivity index (χ0) is 6.69. The summed E-state index contributed by atoms with van der Waals surface area (Å²) >= 11 is 1.79. The summed E-state index contributed by atoms with van der Waals surface area (Å²) in [7, 11) is 0. The van der Waals surface area contributed by atoms with Gasteiger partial charge in [-0.1, -0.05) is 0 Å². The van der Waals surface area contributed by atoms with Crippen LogP contribution < -0.4 is 5.73 Å². The smallest absolute Gasteiger partial charge is 0.123 e. The second kappa shape index (κ2) is 3.08. The summed E-state index contributed by atoms with van der Waals surface area (Å²) in [6.07, 6.45) is -0.122. The second-order valence-corrected chi connectivity index (χ2v) is 3.04. The Kier molecular flexibility index (Phi) is 2.36. The highest BCUT2D eigenvalue weighted by molar-refractivity contribution is 7.99. The number of amidine groups is 1. The Bertz CT molecular complexity index is 112. The second-order valence-electron chi connectivity index (χ2n) is 1.89. The maximum absolute atomic E-state index is 7.03. The Labute approximate surface area is 58.5 Å². The van der Waals surface area contributed by atoms with Gasteiger partial charge in [-0.15, -0.1) is 0 Å². The molecule has 0 aromatic heterocycles. The molecule has 0 aromatic rings. The van der Waals surface area contributed by atoms with E-state index in [0.717, 1.165) is 18.1 Å². The number of nitrogens with two attached hydrogens (primary N) is 1. The van der Waals surface area contributed by atoms with E-state index in [9.17, 15) is 0 Å². The molecule has 52 valence electrons. The lowest BCUT2D eigenvalue weighted by molar-refractivity contribution is 0.120. The molecule has 3 N–H and O–H groups in total. The van der Waals surface area contributed by atoms with Gasteiger partial charge in [0.15, 0.2) is 0 Å². The van der Waals surface area contributed by atoms with E-state index in [-0.39, 0.29) is 11.9 Å². The van der Waals surface area contributed by atoms with Crippen LogP contribution in [0.2, 0.25) is 0 Å². The molecule has 9 heavy (non-hydrogen) atoms. The van der Waals surface area contributed by atoms with Crippen LogP contribution in [0.5, 0.6) is 0 Å². The quantitative estimate of drug-likeness (QED) is 0.406. The third-order valence-corrected chi connectivity index (χ3v) is 2.16. The molecule has 1 aliphatic heterocycles. The highest BCUT2D eigenvalue weighted by Gasteiger charge is 2.15. The van der Waals surface area contributed by atoms with Crippen molar-refractivity contribution in [2.24, 2.45) is 5.73 Å². The predicted octanol–water partition coefficient (Wildman–Crippen LogP) is 0.0544. The van der Waals surface area contributed by atoms with E-state index in [0.29, 0.717) is 0 Å². The van der Waals surface area contributed by atoms with Crippen LogP contribution in [-0.4, -0.2) is 30.1 Å². The van der Waals surface area contributed by atoms with Gasteiger partial charge in [0.25, 0.3) is 0 Å². The Balaban J connectivity index is 2.31. The number of thioether (sulfide) groups is 1. The van der Waals surface area contributed by atoms with Crippen molar-refractivity contribution in [1.29, 1.82) is 5.41 Å². The first-order valence-corrected chi connectivity index (χ1v) is 3.99. The zero-order valence-electron chi connectivity index (χ0n) is 5.09. The lowest BCUT2D eigenvalue weighted by Gasteiger charge is -2.20. The summed E-state index contributed by atoms with van der Waals surface area (Å²) < 4.78 is 5.17. The minimum absolute atomic E-state index is 0.122. The van der Waals surface area contributed by atoms with Gasteiger partial charge in [0.1, 0.15) is 11.9 Å². The Morgan fingerprint density at radius 2 is 2.56 bits per heavy atom. The van der Waals surface area contributed by atoms with Crippen molar-refractivity contribution in [3.8, 4) is 0 Å². The fourth-order valence-electron chi connectivity index (χ4n) is 0.667. The molecule has 0 aliphatic carbocycles. The van der Waals surface area contributed by atoms with Crippen LogP contribution in [-0.2, 0) is 4.74 Å². The molecule has 0 spiro atoms. The Hall–Kier alpha value is -0.220. The fraction of sp³-hybridized carbons (Fsp3) is 0.800. The van der Waals surface area contributed by atoms with Gasteiger partial charge in [0.2, 0.25) is 0 Å². The van der Waals surface area contributed by atoms with E-state index in [1.807, 2.05) is 0 Å². The number of ether oxygens (including phenoxy) is 1. The van der Waals surface area contributed by atoms with Gasteiger partial charge in [-0.25, -0.2) is 0 Å². The van der Waals surface area contributed by atoms with Gasteiger partial charge in [-0.2, -0.15) is 11.8 Å². The molecule has 1 saturated heterocycles.